The van der Waals surface area contributed by atoms with Crippen molar-refractivity contribution >= 4 is 11.5 Å². The Bertz CT molecular complexity index is 1420. The van der Waals surface area contributed by atoms with Gasteiger partial charge in [-0.3, -0.25) is 4.79 Å². The molecule has 0 bridgehead atoms. The first-order valence-electron chi connectivity index (χ1n) is 13.5. The third-order valence-electron chi connectivity index (χ3n) is 8.01. The molecule has 2 aliphatic rings. The van der Waals surface area contributed by atoms with E-state index in [0.29, 0.717) is 28.5 Å². The SMILES string of the molecule is COc1ccc(F)c(-c2c(F)cc(COc3cccc([C@H](CC(=O)O)C4CC4)c3)cc2C2=CCCC2(C)C)c1. The predicted molar refractivity (Wildman–Crippen MR) is 148 cm³/mol. The molecule has 6 heteroatoms. The summed E-state index contributed by atoms with van der Waals surface area (Å²) in [6, 6.07) is 15.2. The Kier molecular flexibility index (Phi) is 7.48. The summed E-state index contributed by atoms with van der Waals surface area (Å²) >= 11 is 0. The Labute approximate surface area is 228 Å². The molecule has 4 nitrogen and oxygen atoms in total. The molecule has 0 unspecified atom stereocenters. The molecule has 3 aromatic rings. The van der Waals surface area contributed by atoms with Crippen LogP contribution < -0.4 is 9.47 Å². The van der Waals surface area contributed by atoms with Crippen LogP contribution in [0, 0.1) is 23.0 Å². The second-order valence-electron chi connectivity index (χ2n) is 11.3. The molecule has 39 heavy (non-hydrogen) atoms. The topological polar surface area (TPSA) is 55.8 Å². The number of methoxy groups -OCH3 is 1. The van der Waals surface area contributed by atoms with Crippen molar-refractivity contribution in [1.29, 1.82) is 0 Å². The van der Waals surface area contributed by atoms with Crippen LogP contribution in [0.5, 0.6) is 11.5 Å². The number of carboxylic acids is 1. The molecule has 0 spiro atoms. The summed E-state index contributed by atoms with van der Waals surface area (Å²) in [6.07, 6.45) is 6.09. The van der Waals surface area contributed by atoms with Gasteiger partial charge in [-0.2, -0.15) is 0 Å². The van der Waals surface area contributed by atoms with Crippen LogP contribution in [-0.2, 0) is 11.4 Å². The maximum atomic E-state index is 15.9. The summed E-state index contributed by atoms with van der Waals surface area (Å²) in [4.78, 5) is 11.4. The lowest BCUT2D eigenvalue weighted by Gasteiger charge is -2.26. The molecule has 204 valence electrons. The molecule has 0 aliphatic heterocycles. The number of halogens is 2. The van der Waals surface area contributed by atoms with Gasteiger partial charge in [-0.25, -0.2) is 8.78 Å². The second kappa shape index (κ2) is 10.8. The van der Waals surface area contributed by atoms with Gasteiger partial charge in [-0.15, -0.1) is 0 Å². The van der Waals surface area contributed by atoms with Crippen molar-refractivity contribution in [3.05, 3.63) is 89.0 Å². The molecule has 0 amide bonds. The summed E-state index contributed by atoms with van der Waals surface area (Å²) in [5, 5.41) is 9.37. The van der Waals surface area contributed by atoms with Gasteiger partial charge in [0.15, 0.2) is 0 Å². The highest BCUT2D eigenvalue weighted by Crippen LogP contribution is 2.48. The number of hydrogen-bond acceptors (Lipinski definition) is 3. The van der Waals surface area contributed by atoms with Crippen LogP contribution in [0.4, 0.5) is 8.78 Å². The van der Waals surface area contributed by atoms with E-state index in [9.17, 15) is 9.90 Å². The third-order valence-corrected chi connectivity index (χ3v) is 8.01. The van der Waals surface area contributed by atoms with E-state index < -0.39 is 17.6 Å². The normalized spacial score (nSPS) is 17.0. The number of carbonyl (C=O) groups is 1. The quantitative estimate of drug-likeness (QED) is 0.285. The van der Waals surface area contributed by atoms with Crippen LogP contribution in [-0.4, -0.2) is 18.2 Å². The lowest BCUT2D eigenvalue weighted by atomic mass is 9.79. The fourth-order valence-electron chi connectivity index (χ4n) is 5.76. The first-order chi connectivity index (χ1) is 18.7. The van der Waals surface area contributed by atoms with Gasteiger partial charge in [0.2, 0.25) is 0 Å². The van der Waals surface area contributed by atoms with Gasteiger partial charge >= 0.3 is 5.97 Å². The fraction of sp³-hybridized carbons (Fsp3) is 0.364. The summed E-state index contributed by atoms with van der Waals surface area (Å²) in [5.41, 5.74) is 3.43. The van der Waals surface area contributed by atoms with Gasteiger partial charge in [0, 0.05) is 11.1 Å². The van der Waals surface area contributed by atoms with Crippen molar-refractivity contribution in [3.8, 4) is 22.6 Å². The van der Waals surface area contributed by atoms with E-state index in [0.717, 1.165) is 36.8 Å². The Morgan fingerprint density at radius 1 is 1.03 bits per heavy atom. The van der Waals surface area contributed by atoms with Gasteiger partial charge in [-0.1, -0.05) is 32.1 Å². The van der Waals surface area contributed by atoms with Crippen molar-refractivity contribution < 1.29 is 28.2 Å². The maximum absolute atomic E-state index is 15.9. The lowest BCUT2D eigenvalue weighted by molar-refractivity contribution is -0.137. The van der Waals surface area contributed by atoms with Crippen LogP contribution in [0.15, 0.2) is 60.7 Å². The minimum Gasteiger partial charge on any atom is -0.497 e. The molecule has 0 aromatic heterocycles. The molecular formula is C33H34F2O4. The first kappa shape index (κ1) is 26.9. The molecule has 1 N–H and O–H groups in total. The molecular weight excluding hydrogens is 498 g/mol. The van der Waals surface area contributed by atoms with Gasteiger partial charge in [0.1, 0.15) is 29.7 Å². The highest BCUT2D eigenvalue weighted by atomic mass is 19.1. The van der Waals surface area contributed by atoms with Crippen LogP contribution in [0.25, 0.3) is 16.7 Å². The van der Waals surface area contributed by atoms with Crippen LogP contribution in [0.3, 0.4) is 0 Å². The van der Waals surface area contributed by atoms with E-state index in [1.807, 2.05) is 30.3 Å². The van der Waals surface area contributed by atoms with Crippen LogP contribution in [0.1, 0.15) is 68.6 Å². The molecule has 5 rings (SSSR count). The van der Waals surface area contributed by atoms with Crippen molar-refractivity contribution in [2.24, 2.45) is 11.3 Å². The highest BCUT2D eigenvalue weighted by Gasteiger charge is 2.34. The molecule has 1 saturated carbocycles. The smallest absolute Gasteiger partial charge is 0.303 e. The molecule has 0 heterocycles. The molecule has 1 atom stereocenters. The van der Waals surface area contributed by atoms with Crippen molar-refractivity contribution in [1.82, 2.24) is 0 Å². The van der Waals surface area contributed by atoms with Crippen LogP contribution >= 0.6 is 0 Å². The van der Waals surface area contributed by atoms with Crippen LogP contribution in [0.2, 0.25) is 0 Å². The summed E-state index contributed by atoms with van der Waals surface area (Å²) in [6.45, 7) is 4.37. The lowest BCUT2D eigenvalue weighted by Crippen LogP contribution is -2.11. The van der Waals surface area contributed by atoms with E-state index >= 15 is 8.78 Å². The van der Waals surface area contributed by atoms with E-state index in [1.54, 1.807) is 0 Å². The zero-order valence-electron chi connectivity index (χ0n) is 22.6. The minimum absolute atomic E-state index is 0.0383. The summed E-state index contributed by atoms with van der Waals surface area (Å²) in [7, 11) is 1.50. The van der Waals surface area contributed by atoms with Crippen molar-refractivity contribution in [3.63, 3.8) is 0 Å². The van der Waals surface area contributed by atoms with Gasteiger partial charge in [0.05, 0.1) is 13.5 Å². The first-order valence-corrected chi connectivity index (χ1v) is 13.5. The van der Waals surface area contributed by atoms with E-state index in [1.165, 1.54) is 31.4 Å². The van der Waals surface area contributed by atoms with Gasteiger partial charge in [-0.05, 0) is 108 Å². The monoisotopic (exact) mass is 532 g/mol. The summed E-state index contributed by atoms with van der Waals surface area (Å²) < 4.78 is 42.3. The number of carboxylic acid groups (broad SMARTS) is 1. The van der Waals surface area contributed by atoms with E-state index in [4.69, 9.17) is 9.47 Å². The average molecular weight is 533 g/mol. The summed E-state index contributed by atoms with van der Waals surface area (Å²) in [5.74, 6) is -0.433. The Morgan fingerprint density at radius 2 is 1.82 bits per heavy atom. The second-order valence-corrected chi connectivity index (χ2v) is 11.3. The number of rotatable bonds is 10. The number of allylic oxidation sites excluding steroid dienone is 2. The number of aliphatic carboxylic acids is 1. The van der Waals surface area contributed by atoms with Crippen molar-refractivity contribution in [2.75, 3.05) is 7.11 Å². The number of benzene rings is 3. The minimum atomic E-state index is -0.807. The number of hydrogen-bond donors (Lipinski definition) is 1. The van der Waals surface area contributed by atoms with E-state index in [-0.39, 0.29) is 35.5 Å². The van der Waals surface area contributed by atoms with Crippen molar-refractivity contribution in [2.45, 2.75) is 58.5 Å². The standard InChI is InChI=1S/C33H34F2O4/c1-33(2)13-5-8-28(33)26-14-20(15-30(35)32(26)27-17-23(38-3)11-12-29(27)34)19-39-24-7-4-6-22(16-24)25(18-31(36)37)21-9-10-21/h4,6-8,11-12,14-17,21,25H,5,9-10,13,18-19H2,1-3H3,(H,36,37)/t25-/m1/s1. The Morgan fingerprint density at radius 3 is 2.49 bits per heavy atom. The average Bonchev–Trinajstić information content (AvgIpc) is 3.68. The zero-order valence-corrected chi connectivity index (χ0v) is 22.6. The zero-order chi connectivity index (χ0) is 27.7. The molecule has 2 aliphatic carbocycles. The maximum Gasteiger partial charge on any atom is 0.303 e. The predicted octanol–water partition coefficient (Wildman–Crippen LogP) is 8.39. The van der Waals surface area contributed by atoms with E-state index in [2.05, 4.69) is 19.9 Å². The Hall–Kier alpha value is -3.67. The highest BCUT2D eigenvalue weighted by molar-refractivity contribution is 5.85. The van der Waals surface area contributed by atoms with Gasteiger partial charge in [0.25, 0.3) is 0 Å². The third kappa shape index (κ3) is 5.85. The molecule has 1 fully saturated rings. The van der Waals surface area contributed by atoms with Gasteiger partial charge < -0.3 is 14.6 Å². The Balaban J connectivity index is 1.48. The largest absolute Gasteiger partial charge is 0.497 e. The number of ether oxygens (including phenoxy) is 2. The molecule has 0 saturated heterocycles. The molecule has 0 radical (unpaired) electrons. The fourth-order valence-corrected chi connectivity index (χ4v) is 5.76. The molecule has 3 aromatic carbocycles.